The van der Waals surface area contributed by atoms with E-state index in [-0.39, 0.29) is 12.5 Å². The number of hydrogen-bond acceptors (Lipinski definition) is 3. The average Bonchev–Trinajstić information content (AvgIpc) is 3.04. The number of aliphatic hydroxyl groups excluding tert-OH is 1. The van der Waals surface area contributed by atoms with Crippen LogP contribution in [0.2, 0.25) is 0 Å². The Balaban J connectivity index is 2.11. The van der Waals surface area contributed by atoms with Gasteiger partial charge in [0.1, 0.15) is 6.61 Å². The molecule has 1 aromatic rings. The molecular formula is C14H17NO2S. The van der Waals surface area contributed by atoms with Crippen LogP contribution in [0.1, 0.15) is 41.4 Å². The van der Waals surface area contributed by atoms with Crippen molar-refractivity contribution in [3.8, 4) is 11.8 Å². The Kier molecular flexibility index (Phi) is 4.40. The molecule has 1 saturated heterocycles. The van der Waals surface area contributed by atoms with Crippen LogP contribution in [0.5, 0.6) is 0 Å². The second-order valence-electron chi connectivity index (χ2n) is 4.36. The third-order valence-corrected chi connectivity index (χ3v) is 4.09. The van der Waals surface area contributed by atoms with E-state index >= 15 is 0 Å². The van der Waals surface area contributed by atoms with Crippen LogP contribution in [0.3, 0.4) is 0 Å². The van der Waals surface area contributed by atoms with Crippen molar-refractivity contribution in [1.29, 1.82) is 0 Å². The molecule has 2 rings (SSSR count). The highest BCUT2D eigenvalue weighted by Gasteiger charge is 2.28. The van der Waals surface area contributed by atoms with Gasteiger partial charge in [0, 0.05) is 18.0 Å². The van der Waals surface area contributed by atoms with Gasteiger partial charge in [-0.1, -0.05) is 18.8 Å². The normalized spacial score (nSPS) is 18.6. The van der Waals surface area contributed by atoms with E-state index in [9.17, 15) is 4.79 Å². The molecule has 0 radical (unpaired) electrons. The fourth-order valence-corrected chi connectivity index (χ4v) is 3.08. The molecule has 1 atom stereocenters. The van der Waals surface area contributed by atoms with Crippen LogP contribution < -0.4 is 0 Å². The first-order valence-electron chi connectivity index (χ1n) is 6.25. The van der Waals surface area contributed by atoms with Crippen molar-refractivity contribution in [1.82, 2.24) is 4.90 Å². The molecule has 0 aliphatic carbocycles. The van der Waals surface area contributed by atoms with E-state index < -0.39 is 0 Å². The molecule has 1 aromatic heterocycles. The highest BCUT2D eigenvalue weighted by molar-refractivity contribution is 7.10. The fraction of sp³-hybridized carbons (Fsp3) is 0.500. The van der Waals surface area contributed by atoms with Gasteiger partial charge in [-0.3, -0.25) is 4.79 Å². The Bertz CT molecular complexity index is 483. The van der Waals surface area contributed by atoms with Crippen LogP contribution in [0.15, 0.2) is 11.4 Å². The zero-order chi connectivity index (χ0) is 13.0. The number of hydrogen-bond donors (Lipinski definition) is 1. The van der Waals surface area contributed by atoms with Gasteiger partial charge in [-0.15, -0.1) is 11.3 Å². The summed E-state index contributed by atoms with van der Waals surface area (Å²) >= 11 is 1.45. The predicted octanol–water partition coefficient (Wildman–Crippen LogP) is 2.11. The molecule has 4 heteroatoms. The lowest BCUT2D eigenvalue weighted by molar-refractivity contribution is 0.0734. The first kappa shape index (κ1) is 13.1. The quantitative estimate of drug-likeness (QED) is 0.830. The molecule has 1 aliphatic heterocycles. The number of nitrogens with zero attached hydrogens (tertiary/aromatic N) is 1. The zero-order valence-electron chi connectivity index (χ0n) is 10.5. The van der Waals surface area contributed by atoms with Gasteiger partial charge in [0.25, 0.3) is 5.91 Å². The summed E-state index contributed by atoms with van der Waals surface area (Å²) in [5.74, 6) is 5.55. The van der Waals surface area contributed by atoms with Gasteiger partial charge in [0.2, 0.25) is 0 Å². The molecule has 1 unspecified atom stereocenters. The minimum Gasteiger partial charge on any atom is -0.384 e. The lowest BCUT2D eigenvalue weighted by Gasteiger charge is -2.23. The molecule has 2 heterocycles. The second kappa shape index (κ2) is 6.03. The zero-order valence-corrected chi connectivity index (χ0v) is 11.3. The number of carbonyl (C=O) groups is 1. The largest absolute Gasteiger partial charge is 0.384 e. The summed E-state index contributed by atoms with van der Waals surface area (Å²) in [7, 11) is 0. The standard InChI is InChI=1S/C14H17NO2S/c1-2-12-5-3-7-15(12)14(17)11-9-13(18-10-11)6-4-8-16/h9-10,12,16H,2-3,5,7-8H2,1H3. The van der Waals surface area contributed by atoms with Crippen molar-refractivity contribution in [2.75, 3.05) is 13.2 Å². The van der Waals surface area contributed by atoms with Crippen molar-refractivity contribution < 1.29 is 9.90 Å². The highest BCUT2D eigenvalue weighted by atomic mass is 32.1. The maximum atomic E-state index is 12.3. The van der Waals surface area contributed by atoms with E-state index in [2.05, 4.69) is 18.8 Å². The highest BCUT2D eigenvalue weighted by Crippen LogP contribution is 2.24. The second-order valence-corrected chi connectivity index (χ2v) is 5.27. The number of carbonyl (C=O) groups excluding carboxylic acids is 1. The number of aliphatic hydroxyl groups is 1. The first-order valence-corrected chi connectivity index (χ1v) is 7.13. The van der Waals surface area contributed by atoms with Gasteiger partial charge in [-0.25, -0.2) is 0 Å². The summed E-state index contributed by atoms with van der Waals surface area (Å²) in [4.78, 5) is 15.1. The van der Waals surface area contributed by atoms with Crippen LogP contribution in [0, 0.1) is 11.8 Å². The molecule has 0 spiro atoms. The Morgan fingerprint density at radius 3 is 3.22 bits per heavy atom. The van der Waals surface area contributed by atoms with Gasteiger partial charge < -0.3 is 10.0 Å². The number of rotatable bonds is 2. The maximum Gasteiger partial charge on any atom is 0.254 e. The third-order valence-electron chi connectivity index (χ3n) is 3.25. The molecule has 0 aromatic carbocycles. The van der Waals surface area contributed by atoms with Crippen LogP contribution in [-0.2, 0) is 0 Å². The van der Waals surface area contributed by atoms with Gasteiger partial charge in [-0.05, 0) is 25.3 Å². The van der Waals surface area contributed by atoms with Crippen molar-refractivity contribution in [2.45, 2.75) is 32.2 Å². The lowest BCUT2D eigenvalue weighted by Crippen LogP contribution is -2.34. The van der Waals surface area contributed by atoms with Crippen molar-refractivity contribution in [3.63, 3.8) is 0 Å². The minimum atomic E-state index is -0.148. The van der Waals surface area contributed by atoms with E-state index in [1.807, 2.05) is 16.3 Å². The molecule has 0 saturated carbocycles. The number of amides is 1. The molecular weight excluding hydrogens is 246 g/mol. The van der Waals surface area contributed by atoms with Gasteiger partial charge >= 0.3 is 0 Å². The number of thiophene rings is 1. The van der Waals surface area contributed by atoms with Gasteiger partial charge in [0.15, 0.2) is 0 Å². The van der Waals surface area contributed by atoms with Crippen LogP contribution in [-0.4, -0.2) is 35.1 Å². The summed E-state index contributed by atoms with van der Waals surface area (Å²) in [6.45, 7) is 2.85. The van der Waals surface area contributed by atoms with E-state index in [1.54, 1.807) is 0 Å². The molecule has 3 nitrogen and oxygen atoms in total. The topological polar surface area (TPSA) is 40.5 Å². The van der Waals surface area contributed by atoms with Crippen LogP contribution in [0.4, 0.5) is 0 Å². The van der Waals surface area contributed by atoms with Crippen LogP contribution in [0.25, 0.3) is 0 Å². The predicted molar refractivity (Wildman–Crippen MR) is 72.6 cm³/mol. The summed E-state index contributed by atoms with van der Waals surface area (Å²) in [5.41, 5.74) is 0.725. The van der Waals surface area contributed by atoms with Gasteiger partial charge in [-0.2, -0.15) is 0 Å². The first-order chi connectivity index (χ1) is 8.76. The van der Waals surface area contributed by atoms with E-state index in [0.29, 0.717) is 6.04 Å². The molecule has 1 amide bonds. The van der Waals surface area contributed by atoms with Crippen molar-refractivity contribution in [2.24, 2.45) is 0 Å². The Morgan fingerprint density at radius 1 is 1.67 bits per heavy atom. The maximum absolute atomic E-state index is 12.3. The summed E-state index contributed by atoms with van der Waals surface area (Å²) in [6, 6.07) is 2.21. The Labute approximate surface area is 111 Å². The Hall–Kier alpha value is -1.31. The van der Waals surface area contributed by atoms with Crippen molar-refractivity contribution >= 4 is 17.2 Å². The molecule has 1 fully saturated rings. The van der Waals surface area contributed by atoms with Gasteiger partial charge in [0.05, 0.1) is 10.4 Å². The molecule has 0 bridgehead atoms. The third kappa shape index (κ3) is 2.74. The molecule has 1 aliphatic rings. The van der Waals surface area contributed by atoms with E-state index in [4.69, 9.17) is 5.11 Å². The van der Waals surface area contributed by atoms with E-state index in [0.717, 1.165) is 36.2 Å². The molecule has 18 heavy (non-hydrogen) atoms. The molecule has 1 N–H and O–H groups in total. The van der Waals surface area contributed by atoms with Crippen molar-refractivity contribution in [3.05, 3.63) is 21.9 Å². The smallest absolute Gasteiger partial charge is 0.254 e. The summed E-state index contributed by atoms with van der Waals surface area (Å²) in [5, 5.41) is 10.5. The average molecular weight is 263 g/mol. The van der Waals surface area contributed by atoms with E-state index in [1.165, 1.54) is 11.3 Å². The van der Waals surface area contributed by atoms with Crippen LogP contribution >= 0.6 is 11.3 Å². The lowest BCUT2D eigenvalue weighted by atomic mass is 10.1. The number of likely N-dealkylation sites (tertiary alicyclic amines) is 1. The molecule has 96 valence electrons. The minimum absolute atomic E-state index is 0.118. The Morgan fingerprint density at radius 2 is 2.50 bits per heavy atom. The summed E-state index contributed by atoms with van der Waals surface area (Å²) in [6.07, 6.45) is 3.24. The summed E-state index contributed by atoms with van der Waals surface area (Å²) < 4.78 is 0. The monoisotopic (exact) mass is 263 g/mol. The SMILES string of the molecule is CCC1CCCN1C(=O)c1csc(C#CCO)c1. The fourth-order valence-electron chi connectivity index (χ4n) is 2.33.